The standard InChI is InChI=1S/C46H74N4O12S/c1-46(2,3)62-44(54)23-18-16-14-12-10-8-6-4-5-7-9-11-13-15-17-20-38-21-19-22-40(34-38)63(56,57)50-41-25-24-39(35-49-41)45(55)48-27-29-59-30-32-60-36-42(51)47-26-28-58-31-33-61-37-43(52)53/h19,21-22,24-25,34-35H,4-18,20,23,26-33,36-37H2,1-3H3,(H,47,51)(H,48,55)(H,49,50)(H,52,53). The van der Waals surface area contributed by atoms with Gasteiger partial charge in [0.25, 0.3) is 15.9 Å². The van der Waals surface area contributed by atoms with Gasteiger partial charge in [0.2, 0.25) is 5.91 Å². The third kappa shape index (κ3) is 29.8. The average Bonchev–Trinajstić information content (AvgIpc) is 3.23. The first-order valence-electron chi connectivity index (χ1n) is 22.6. The lowest BCUT2D eigenvalue weighted by molar-refractivity contribution is -0.155. The Hall–Kier alpha value is -4.16. The van der Waals surface area contributed by atoms with Gasteiger partial charge in [-0.3, -0.25) is 19.1 Å². The lowest BCUT2D eigenvalue weighted by Gasteiger charge is -2.19. The summed E-state index contributed by atoms with van der Waals surface area (Å²) in [5, 5.41) is 13.8. The molecule has 2 aromatic rings. The van der Waals surface area contributed by atoms with Crippen molar-refractivity contribution in [2.24, 2.45) is 0 Å². The molecule has 2 rings (SSSR count). The van der Waals surface area contributed by atoms with E-state index in [0.717, 1.165) is 37.7 Å². The molecular weight excluding hydrogens is 833 g/mol. The molecule has 63 heavy (non-hydrogen) atoms. The van der Waals surface area contributed by atoms with Crippen LogP contribution in [0.15, 0.2) is 47.5 Å². The second kappa shape index (κ2) is 33.4. The van der Waals surface area contributed by atoms with E-state index in [0.29, 0.717) is 6.42 Å². The number of aliphatic carboxylic acids is 1. The second-order valence-corrected chi connectivity index (χ2v) is 18.1. The number of amides is 2. The molecule has 1 aromatic heterocycles. The van der Waals surface area contributed by atoms with Crippen LogP contribution in [0.25, 0.3) is 0 Å². The highest BCUT2D eigenvalue weighted by Crippen LogP contribution is 2.19. The van der Waals surface area contributed by atoms with Crippen molar-refractivity contribution in [3.63, 3.8) is 0 Å². The Bertz CT molecular complexity index is 1690. The number of sulfonamides is 1. The summed E-state index contributed by atoms with van der Waals surface area (Å²) >= 11 is 0. The Labute approximate surface area is 375 Å². The van der Waals surface area contributed by atoms with Crippen LogP contribution in [-0.2, 0) is 54.5 Å². The molecular formula is C46H74N4O12S. The van der Waals surface area contributed by atoms with Crippen LogP contribution in [0.4, 0.5) is 5.82 Å². The van der Waals surface area contributed by atoms with Crippen molar-refractivity contribution in [3.8, 4) is 0 Å². The number of benzene rings is 1. The van der Waals surface area contributed by atoms with Crippen molar-refractivity contribution >= 4 is 39.6 Å². The molecule has 0 aliphatic carbocycles. The molecule has 0 atom stereocenters. The van der Waals surface area contributed by atoms with Gasteiger partial charge in [-0.05, 0) is 69.9 Å². The van der Waals surface area contributed by atoms with Crippen LogP contribution in [-0.4, -0.2) is 114 Å². The molecule has 0 aliphatic rings. The molecule has 0 spiro atoms. The molecule has 2 amide bonds. The minimum absolute atomic E-state index is 0.0897. The number of unbranched alkanes of at least 4 members (excludes halogenated alkanes) is 14. The van der Waals surface area contributed by atoms with Gasteiger partial charge in [0.15, 0.2) is 0 Å². The number of hydrogen-bond donors (Lipinski definition) is 4. The van der Waals surface area contributed by atoms with E-state index in [1.807, 2.05) is 26.8 Å². The maximum absolute atomic E-state index is 13.1. The molecule has 4 N–H and O–H groups in total. The lowest BCUT2D eigenvalue weighted by atomic mass is 10.0. The molecule has 1 heterocycles. The number of carboxylic acid groups (broad SMARTS) is 1. The quantitative estimate of drug-likeness (QED) is 0.0395. The van der Waals surface area contributed by atoms with E-state index < -0.39 is 27.5 Å². The normalized spacial score (nSPS) is 11.6. The molecule has 356 valence electrons. The van der Waals surface area contributed by atoms with Crippen LogP contribution in [0, 0.1) is 0 Å². The van der Waals surface area contributed by atoms with E-state index in [-0.39, 0.29) is 94.1 Å². The largest absolute Gasteiger partial charge is 0.480 e. The SMILES string of the molecule is CC(C)(C)OC(=O)CCCCCCCCCCCCCCCCCc1cccc(S(=O)(=O)Nc2ccc(C(=O)NCCOCCOCC(=O)NCCOCCOCC(=O)O)cn2)c1. The van der Waals surface area contributed by atoms with Gasteiger partial charge in [0, 0.05) is 25.7 Å². The summed E-state index contributed by atoms with van der Waals surface area (Å²) < 4.78 is 54.9. The van der Waals surface area contributed by atoms with E-state index in [2.05, 4.69) is 20.3 Å². The maximum atomic E-state index is 13.1. The molecule has 1 aromatic carbocycles. The van der Waals surface area contributed by atoms with Crippen molar-refractivity contribution in [1.82, 2.24) is 15.6 Å². The first-order chi connectivity index (χ1) is 30.2. The van der Waals surface area contributed by atoms with E-state index in [1.165, 1.54) is 89.0 Å². The van der Waals surface area contributed by atoms with Crippen molar-refractivity contribution < 1.29 is 56.4 Å². The summed E-state index contributed by atoms with van der Waals surface area (Å²) in [5.74, 6) is -1.75. The number of carbonyl (C=O) groups excluding carboxylic acids is 3. The van der Waals surface area contributed by atoms with Gasteiger partial charge in [-0.15, -0.1) is 0 Å². The average molecular weight is 907 g/mol. The Morgan fingerprint density at radius 2 is 1.19 bits per heavy atom. The van der Waals surface area contributed by atoms with Gasteiger partial charge in [-0.25, -0.2) is 18.2 Å². The molecule has 0 aliphatic heterocycles. The topological polar surface area (TPSA) is 218 Å². The van der Waals surface area contributed by atoms with E-state index in [9.17, 15) is 27.6 Å². The highest BCUT2D eigenvalue weighted by atomic mass is 32.2. The van der Waals surface area contributed by atoms with E-state index in [1.54, 1.807) is 18.2 Å². The minimum atomic E-state index is -3.88. The lowest BCUT2D eigenvalue weighted by Crippen LogP contribution is -2.31. The molecule has 16 nitrogen and oxygen atoms in total. The van der Waals surface area contributed by atoms with Crippen molar-refractivity contribution in [3.05, 3.63) is 53.7 Å². The Balaban J connectivity index is 1.48. The number of anilines is 1. The number of aryl methyl sites for hydroxylation is 1. The van der Waals surface area contributed by atoms with Crippen molar-refractivity contribution in [2.75, 3.05) is 70.7 Å². The number of carbonyl (C=O) groups is 4. The van der Waals surface area contributed by atoms with Crippen LogP contribution >= 0.6 is 0 Å². The number of ether oxygens (including phenoxy) is 5. The van der Waals surface area contributed by atoms with Crippen LogP contribution < -0.4 is 15.4 Å². The van der Waals surface area contributed by atoms with E-state index >= 15 is 0 Å². The first-order valence-corrected chi connectivity index (χ1v) is 24.1. The Morgan fingerprint density at radius 3 is 1.75 bits per heavy atom. The summed E-state index contributed by atoms with van der Waals surface area (Å²) in [5.41, 5.74) is 0.831. The Morgan fingerprint density at radius 1 is 0.651 bits per heavy atom. The monoisotopic (exact) mass is 907 g/mol. The number of esters is 1. The predicted molar refractivity (Wildman–Crippen MR) is 241 cm³/mol. The fourth-order valence-electron chi connectivity index (χ4n) is 6.36. The first kappa shape index (κ1) is 55.0. The zero-order valence-corrected chi connectivity index (χ0v) is 38.7. The van der Waals surface area contributed by atoms with Crippen LogP contribution in [0.3, 0.4) is 0 Å². The van der Waals surface area contributed by atoms with Gasteiger partial charge in [-0.1, -0.05) is 95.6 Å². The molecule has 0 saturated heterocycles. The third-order valence-corrected chi connectivity index (χ3v) is 10.9. The predicted octanol–water partition coefficient (Wildman–Crippen LogP) is 7.01. The maximum Gasteiger partial charge on any atom is 0.329 e. The van der Waals surface area contributed by atoms with Crippen LogP contribution in [0.1, 0.15) is 139 Å². The summed E-state index contributed by atoms with van der Waals surface area (Å²) in [6.07, 6.45) is 20.6. The van der Waals surface area contributed by atoms with Crippen LogP contribution in [0.2, 0.25) is 0 Å². The number of rotatable bonds is 38. The summed E-state index contributed by atoms with van der Waals surface area (Å²) in [4.78, 5) is 50.7. The zero-order valence-electron chi connectivity index (χ0n) is 37.9. The molecule has 0 radical (unpaired) electrons. The highest BCUT2D eigenvalue weighted by molar-refractivity contribution is 7.92. The molecule has 0 saturated carbocycles. The smallest absolute Gasteiger partial charge is 0.329 e. The van der Waals surface area contributed by atoms with Gasteiger partial charge >= 0.3 is 11.9 Å². The van der Waals surface area contributed by atoms with Gasteiger partial charge in [0.1, 0.15) is 24.6 Å². The minimum Gasteiger partial charge on any atom is -0.480 e. The second-order valence-electron chi connectivity index (χ2n) is 16.4. The number of hydrogen-bond acceptors (Lipinski definition) is 12. The summed E-state index contributed by atoms with van der Waals surface area (Å²) in [6.45, 7) is 6.89. The molecule has 17 heteroatoms. The number of nitrogens with one attached hydrogen (secondary N) is 3. The van der Waals surface area contributed by atoms with Crippen molar-refractivity contribution in [2.45, 2.75) is 140 Å². The molecule has 0 fully saturated rings. The van der Waals surface area contributed by atoms with Gasteiger partial charge < -0.3 is 39.4 Å². The van der Waals surface area contributed by atoms with Crippen molar-refractivity contribution in [1.29, 1.82) is 0 Å². The third-order valence-electron chi connectivity index (χ3n) is 9.54. The molecule has 0 unspecified atom stereocenters. The summed E-state index contributed by atoms with van der Waals surface area (Å²) in [6, 6.07) is 9.90. The summed E-state index contributed by atoms with van der Waals surface area (Å²) in [7, 11) is -3.88. The number of nitrogens with zero attached hydrogens (tertiary/aromatic N) is 1. The highest BCUT2D eigenvalue weighted by Gasteiger charge is 2.17. The van der Waals surface area contributed by atoms with Gasteiger partial charge in [-0.2, -0.15) is 0 Å². The van der Waals surface area contributed by atoms with Gasteiger partial charge in [0.05, 0.1) is 50.1 Å². The Kier molecular flexibility index (Phi) is 29.1. The number of carboxylic acids is 1. The van der Waals surface area contributed by atoms with E-state index in [4.69, 9.17) is 28.8 Å². The number of pyridine rings is 1. The zero-order chi connectivity index (χ0) is 46.0. The number of aromatic nitrogens is 1. The fourth-order valence-corrected chi connectivity index (χ4v) is 7.44. The molecule has 0 bridgehead atoms. The van der Waals surface area contributed by atoms with Crippen LogP contribution in [0.5, 0.6) is 0 Å². The fraction of sp³-hybridized carbons (Fsp3) is 0.674.